The van der Waals surface area contributed by atoms with Gasteiger partial charge in [0.15, 0.2) is 5.76 Å². The summed E-state index contributed by atoms with van der Waals surface area (Å²) in [6, 6.07) is 5.58. The normalized spacial score (nSPS) is 10.7. The number of hydrogen-bond donors (Lipinski definition) is 1. The first-order chi connectivity index (χ1) is 9.22. The Morgan fingerprint density at radius 2 is 2.32 bits per heavy atom. The minimum Gasteiger partial charge on any atom is -0.478 e. The molecule has 96 valence electrons. The van der Waals surface area contributed by atoms with E-state index in [0.29, 0.717) is 11.5 Å². The van der Waals surface area contributed by atoms with Gasteiger partial charge in [0.05, 0.1) is 10.6 Å². The minimum atomic E-state index is -0.996. The van der Waals surface area contributed by atoms with Gasteiger partial charge in [0, 0.05) is 22.7 Å². The maximum absolute atomic E-state index is 10.8. The van der Waals surface area contributed by atoms with Crippen molar-refractivity contribution in [3.63, 3.8) is 0 Å². The molecule has 4 nitrogen and oxygen atoms in total. The van der Waals surface area contributed by atoms with Gasteiger partial charge < -0.3 is 9.52 Å². The van der Waals surface area contributed by atoms with Gasteiger partial charge in [-0.15, -0.1) is 22.7 Å². The van der Waals surface area contributed by atoms with Gasteiger partial charge in [0.25, 0.3) is 0 Å². The van der Waals surface area contributed by atoms with E-state index in [1.54, 1.807) is 22.7 Å². The van der Waals surface area contributed by atoms with Crippen LogP contribution in [0.4, 0.5) is 0 Å². The summed E-state index contributed by atoms with van der Waals surface area (Å²) in [5, 5.41) is 13.8. The third-order valence-corrected chi connectivity index (χ3v) is 4.28. The molecule has 0 atom stereocenters. The molecule has 6 heteroatoms. The summed E-state index contributed by atoms with van der Waals surface area (Å²) in [5.41, 5.74) is 0.826. The molecule has 0 aliphatic rings. The lowest BCUT2D eigenvalue weighted by Gasteiger charge is -1.91. The summed E-state index contributed by atoms with van der Waals surface area (Å²) in [5.74, 6) is -0.505. The summed E-state index contributed by atoms with van der Waals surface area (Å²) >= 11 is 3.24. The van der Waals surface area contributed by atoms with Crippen LogP contribution in [0.25, 0.3) is 11.5 Å². The predicted molar refractivity (Wildman–Crippen MR) is 73.9 cm³/mol. The number of thiazole rings is 1. The van der Waals surface area contributed by atoms with Crippen LogP contribution in [-0.4, -0.2) is 16.1 Å². The molecule has 3 heterocycles. The zero-order valence-corrected chi connectivity index (χ0v) is 11.3. The number of furan rings is 1. The lowest BCUT2D eigenvalue weighted by molar-refractivity contribution is 0.0696. The molecule has 0 saturated carbocycles. The zero-order chi connectivity index (χ0) is 13.2. The second-order valence-electron chi connectivity index (χ2n) is 3.89. The van der Waals surface area contributed by atoms with Gasteiger partial charge in [-0.1, -0.05) is 6.07 Å². The molecule has 3 aromatic heterocycles. The molecule has 0 aliphatic heterocycles. The first-order valence-electron chi connectivity index (χ1n) is 5.51. The molecular formula is C13H9NO3S2. The summed E-state index contributed by atoms with van der Waals surface area (Å²) in [4.78, 5) is 16.5. The molecule has 1 N–H and O–H groups in total. The lowest BCUT2D eigenvalue weighted by Crippen LogP contribution is -1.91. The standard InChI is InChI=1S/C13H9NO3S2/c15-13(16)8-4-11(17-6-8)10-7-19-12(14-10)5-9-2-1-3-18-9/h1-4,6-7H,5H2,(H,15,16). The number of carboxylic acids is 1. The molecule has 0 amide bonds. The Morgan fingerprint density at radius 3 is 3.00 bits per heavy atom. The highest BCUT2D eigenvalue weighted by atomic mass is 32.1. The van der Waals surface area contributed by atoms with E-state index in [1.807, 2.05) is 16.8 Å². The molecule has 0 bridgehead atoms. The number of carboxylic acid groups (broad SMARTS) is 1. The largest absolute Gasteiger partial charge is 0.478 e. The smallest absolute Gasteiger partial charge is 0.338 e. The highest BCUT2D eigenvalue weighted by molar-refractivity contribution is 7.11. The van der Waals surface area contributed by atoms with Gasteiger partial charge in [-0.3, -0.25) is 0 Å². The quantitative estimate of drug-likeness (QED) is 0.795. The SMILES string of the molecule is O=C(O)c1coc(-c2csc(Cc3cccs3)n2)c1. The van der Waals surface area contributed by atoms with Gasteiger partial charge in [0.2, 0.25) is 0 Å². The van der Waals surface area contributed by atoms with Crippen molar-refractivity contribution in [3.8, 4) is 11.5 Å². The van der Waals surface area contributed by atoms with Crippen LogP contribution >= 0.6 is 22.7 Å². The molecule has 0 unspecified atom stereocenters. The number of hydrogen-bond acceptors (Lipinski definition) is 5. The average molecular weight is 291 g/mol. The topological polar surface area (TPSA) is 63.3 Å². The van der Waals surface area contributed by atoms with Crippen molar-refractivity contribution in [3.05, 3.63) is 50.7 Å². The van der Waals surface area contributed by atoms with E-state index < -0.39 is 5.97 Å². The Morgan fingerprint density at radius 1 is 1.42 bits per heavy atom. The van der Waals surface area contributed by atoms with E-state index in [1.165, 1.54) is 17.2 Å². The Hall–Kier alpha value is -1.92. The Kier molecular flexibility index (Phi) is 3.18. The van der Waals surface area contributed by atoms with Crippen LogP contribution in [0.5, 0.6) is 0 Å². The molecule has 0 saturated heterocycles. The van der Waals surface area contributed by atoms with Crippen molar-refractivity contribution in [2.45, 2.75) is 6.42 Å². The molecule has 0 aromatic carbocycles. The highest BCUT2D eigenvalue weighted by Gasteiger charge is 2.12. The summed E-state index contributed by atoms with van der Waals surface area (Å²) in [6.45, 7) is 0. The van der Waals surface area contributed by atoms with Crippen molar-refractivity contribution >= 4 is 28.6 Å². The van der Waals surface area contributed by atoms with Crippen molar-refractivity contribution in [1.82, 2.24) is 4.98 Å². The summed E-state index contributed by atoms with van der Waals surface area (Å²) in [7, 11) is 0. The van der Waals surface area contributed by atoms with E-state index >= 15 is 0 Å². The molecule has 0 spiro atoms. The van der Waals surface area contributed by atoms with Gasteiger partial charge in [0.1, 0.15) is 12.0 Å². The maximum atomic E-state index is 10.8. The van der Waals surface area contributed by atoms with E-state index in [2.05, 4.69) is 11.1 Å². The zero-order valence-electron chi connectivity index (χ0n) is 9.70. The summed E-state index contributed by atoms with van der Waals surface area (Å²) < 4.78 is 5.23. The van der Waals surface area contributed by atoms with Crippen LogP contribution in [-0.2, 0) is 6.42 Å². The molecule has 3 rings (SSSR count). The van der Waals surface area contributed by atoms with Crippen LogP contribution < -0.4 is 0 Å². The van der Waals surface area contributed by atoms with Crippen LogP contribution in [0.15, 0.2) is 39.6 Å². The van der Waals surface area contributed by atoms with Gasteiger partial charge >= 0.3 is 5.97 Å². The van der Waals surface area contributed by atoms with Gasteiger partial charge in [-0.25, -0.2) is 9.78 Å². The second kappa shape index (κ2) is 4.99. The van der Waals surface area contributed by atoms with Crippen molar-refractivity contribution in [2.75, 3.05) is 0 Å². The number of aromatic nitrogens is 1. The first kappa shape index (κ1) is 12.1. The number of rotatable bonds is 4. The molecule has 0 aliphatic carbocycles. The van der Waals surface area contributed by atoms with Crippen LogP contribution in [0.1, 0.15) is 20.2 Å². The van der Waals surface area contributed by atoms with Crippen LogP contribution in [0.2, 0.25) is 0 Å². The predicted octanol–water partition coefficient (Wildman–Crippen LogP) is 3.75. The Labute approximate surface area is 117 Å². The molecule has 0 radical (unpaired) electrons. The molecule has 19 heavy (non-hydrogen) atoms. The molecule has 3 aromatic rings. The Balaban J connectivity index is 1.82. The fraction of sp³-hybridized carbons (Fsp3) is 0.0769. The van der Waals surface area contributed by atoms with Gasteiger partial charge in [-0.2, -0.15) is 0 Å². The van der Waals surface area contributed by atoms with E-state index in [4.69, 9.17) is 9.52 Å². The second-order valence-corrected chi connectivity index (χ2v) is 5.86. The summed E-state index contributed by atoms with van der Waals surface area (Å²) in [6.07, 6.45) is 2.03. The Bertz CT molecular complexity index is 697. The highest BCUT2D eigenvalue weighted by Crippen LogP contribution is 2.26. The van der Waals surface area contributed by atoms with E-state index in [0.717, 1.165) is 11.4 Å². The van der Waals surface area contributed by atoms with E-state index in [-0.39, 0.29) is 5.56 Å². The number of thiophene rings is 1. The maximum Gasteiger partial charge on any atom is 0.338 e. The van der Waals surface area contributed by atoms with Crippen LogP contribution in [0.3, 0.4) is 0 Å². The average Bonchev–Trinajstić information content (AvgIpc) is 3.09. The van der Waals surface area contributed by atoms with Crippen LogP contribution in [0, 0.1) is 0 Å². The molecular weight excluding hydrogens is 282 g/mol. The minimum absolute atomic E-state index is 0.141. The third kappa shape index (κ3) is 2.59. The molecule has 0 fully saturated rings. The lowest BCUT2D eigenvalue weighted by atomic mass is 10.3. The fourth-order valence-electron chi connectivity index (χ4n) is 1.65. The third-order valence-electron chi connectivity index (χ3n) is 2.56. The fourth-order valence-corrected chi connectivity index (χ4v) is 3.26. The van der Waals surface area contributed by atoms with Crippen molar-refractivity contribution < 1.29 is 14.3 Å². The van der Waals surface area contributed by atoms with Crippen molar-refractivity contribution in [1.29, 1.82) is 0 Å². The van der Waals surface area contributed by atoms with E-state index in [9.17, 15) is 4.79 Å². The number of carbonyl (C=O) groups is 1. The number of nitrogens with zero attached hydrogens (tertiary/aromatic N) is 1. The van der Waals surface area contributed by atoms with Crippen molar-refractivity contribution in [2.24, 2.45) is 0 Å². The first-order valence-corrected chi connectivity index (χ1v) is 7.27. The number of aromatic carboxylic acids is 1. The monoisotopic (exact) mass is 291 g/mol. The van der Waals surface area contributed by atoms with Gasteiger partial charge in [-0.05, 0) is 11.4 Å².